The summed E-state index contributed by atoms with van der Waals surface area (Å²) in [5.74, 6) is -2.65. The average Bonchev–Trinajstić information content (AvgIpc) is 2.66. The first kappa shape index (κ1) is 27.5. The van der Waals surface area contributed by atoms with Gasteiger partial charge in [0.2, 0.25) is 0 Å². The number of hydrogen-bond acceptors (Lipinski definition) is 10. The van der Waals surface area contributed by atoms with Crippen molar-refractivity contribution in [1.29, 1.82) is 5.26 Å². The van der Waals surface area contributed by atoms with Crippen molar-refractivity contribution in [2.45, 2.75) is 94.7 Å². The van der Waals surface area contributed by atoms with Crippen LogP contribution in [0.25, 0.3) is 0 Å². The summed E-state index contributed by atoms with van der Waals surface area (Å²) >= 11 is 0. The number of nitrogens with zero attached hydrogens (tertiary/aromatic N) is 1. The van der Waals surface area contributed by atoms with Gasteiger partial charge in [-0.15, -0.1) is 0 Å². The third-order valence-corrected chi connectivity index (χ3v) is 5.83. The molecule has 1 fully saturated rings. The van der Waals surface area contributed by atoms with Gasteiger partial charge in [-0.1, -0.05) is 13.0 Å². The molecule has 1 heterocycles. The van der Waals surface area contributed by atoms with Gasteiger partial charge in [0.15, 0.2) is 5.79 Å². The molecule has 0 aromatic rings. The van der Waals surface area contributed by atoms with Gasteiger partial charge in [-0.2, -0.15) is 5.26 Å². The van der Waals surface area contributed by atoms with Crippen molar-refractivity contribution in [2.24, 2.45) is 0 Å². The van der Waals surface area contributed by atoms with Crippen LogP contribution in [0.4, 0.5) is 0 Å². The Morgan fingerprint density at radius 3 is 2.35 bits per heavy atom. The zero-order chi connectivity index (χ0) is 24.0. The second-order valence-corrected chi connectivity index (χ2v) is 8.70. The molecule has 10 heteroatoms. The first-order valence-corrected chi connectivity index (χ1v) is 10.4. The van der Waals surface area contributed by atoms with Crippen molar-refractivity contribution in [3.05, 3.63) is 12.2 Å². The molecule has 0 amide bonds. The van der Waals surface area contributed by atoms with E-state index in [9.17, 15) is 30.3 Å². The Hall–Kier alpha value is -1.58. The lowest BCUT2D eigenvalue weighted by Gasteiger charge is -2.57. The Balaban J connectivity index is 2.50. The number of nitriles is 1. The molecule has 2 unspecified atom stereocenters. The van der Waals surface area contributed by atoms with Crippen LogP contribution in [0.15, 0.2) is 12.2 Å². The smallest absolute Gasteiger partial charge is 0.348 e. The predicted molar refractivity (Wildman–Crippen MR) is 110 cm³/mol. The van der Waals surface area contributed by atoms with Gasteiger partial charge in [0.25, 0.3) is 0 Å². The minimum Gasteiger partial charge on any atom is -0.462 e. The molecule has 1 aliphatic rings. The maximum Gasteiger partial charge on any atom is 0.348 e. The van der Waals surface area contributed by atoms with E-state index in [0.29, 0.717) is 25.7 Å². The van der Waals surface area contributed by atoms with Crippen LogP contribution in [-0.4, -0.2) is 86.0 Å². The van der Waals surface area contributed by atoms with Gasteiger partial charge in [-0.3, -0.25) is 0 Å². The Bertz CT molecular complexity index is 669. The van der Waals surface area contributed by atoms with Crippen molar-refractivity contribution >= 4 is 5.97 Å². The summed E-state index contributed by atoms with van der Waals surface area (Å²) in [4.78, 5) is 11.3. The molecule has 6 N–H and O–H groups in total. The summed E-state index contributed by atoms with van der Waals surface area (Å²) in [7, 11) is 0. The summed E-state index contributed by atoms with van der Waals surface area (Å²) in [5, 5.41) is 64.0. The van der Waals surface area contributed by atoms with Gasteiger partial charge in [0, 0.05) is 6.54 Å². The summed E-state index contributed by atoms with van der Waals surface area (Å²) in [5.41, 5.74) is -4.01. The number of unbranched alkanes of at least 4 members (excludes halogenated alkanes) is 2. The average molecular weight is 445 g/mol. The summed E-state index contributed by atoms with van der Waals surface area (Å²) in [6, 6.07) is 0.469. The quantitative estimate of drug-likeness (QED) is 0.105. The van der Waals surface area contributed by atoms with E-state index in [1.54, 1.807) is 6.07 Å². The maximum absolute atomic E-state index is 11.3. The van der Waals surface area contributed by atoms with Crippen molar-refractivity contribution in [2.75, 3.05) is 13.2 Å². The number of rotatable bonds is 11. The molecule has 10 nitrogen and oxygen atoms in total. The fourth-order valence-electron chi connectivity index (χ4n) is 3.81. The van der Waals surface area contributed by atoms with Crippen LogP contribution in [-0.2, 0) is 14.3 Å². The highest BCUT2D eigenvalue weighted by Crippen LogP contribution is 2.42. The molecule has 7 atom stereocenters. The van der Waals surface area contributed by atoms with E-state index < -0.39 is 47.3 Å². The van der Waals surface area contributed by atoms with Crippen LogP contribution in [0, 0.1) is 11.3 Å². The second kappa shape index (κ2) is 10.8. The molecular weight excluding hydrogens is 408 g/mol. The molecule has 31 heavy (non-hydrogen) atoms. The van der Waals surface area contributed by atoms with Gasteiger partial charge in [0.05, 0.1) is 24.9 Å². The van der Waals surface area contributed by atoms with Crippen LogP contribution >= 0.6 is 0 Å². The fraction of sp³-hybridized carbons (Fsp3) is 0.810. The third-order valence-electron chi connectivity index (χ3n) is 5.83. The summed E-state index contributed by atoms with van der Waals surface area (Å²) < 4.78 is 10.4. The molecule has 0 radical (unpaired) electrons. The van der Waals surface area contributed by atoms with E-state index in [1.807, 2.05) is 0 Å². The largest absolute Gasteiger partial charge is 0.462 e. The Morgan fingerprint density at radius 1 is 1.19 bits per heavy atom. The molecule has 0 saturated carbocycles. The monoisotopic (exact) mass is 444 g/mol. The Kier molecular flexibility index (Phi) is 9.59. The van der Waals surface area contributed by atoms with Crippen LogP contribution in [0.1, 0.15) is 53.4 Å². The lowest BCUT2D eigenvalue weighted by Crippen LogP contribution is -2.79. The van der Waals surface area contributed by atoms with Gasteiger partial charge >= 0.3 is 5.97 Å². The number of nitrogens with one attached hydrogen (secondary N) is 1. The minimum absolute atomic E-state index is 0.0206. The van der Waals surface area contributed by atoms with Gasteiger partial charge in [-0.25, -0.2) is 4.79 Å². The molecule has 0 bridgehead atoms. The molecule has 0 aromatic carbocycles. The predicted octanol–water partition coefficient (Wildman–Crippen LogP) is -0.521. The molecule has 1 aliphatic heterocycles. The standard InChI is InChI=1S/C21H36N2O8/c1-13(11-22)17(26)30-10-8-6-7-9-15(25)12-23-18-20(4,28)19(3,27)16(14(2)24)31-21(18,5)29/h14-16,18,23-25,27-29H,1,6-10,12H2,2-5H3/t14?,15?,16-,18+,19-,20-,21-/m1/s1. The van der Waals surface area contributed by atoms with Crippen molar-refractivity contribution in [3.63, 3.8) is 0 Å². The molecule has 178 valence electrons. The number of hydrogen-bond donors (Lipinski definition) is 6. The van der Waals surface area contributed by atoms with E-state index in [-0.39, 0.29) is 18.7 Å². The van der Waals surface area contributed by atoms with Gasteiger partial charge in [-0.05, 0) is 47.0 Å². The number of carbonyl (C=O) groups is 1. The van der Waals surface area contributed by atoms with E-state index in [0.717, 1.165) is 0 Å². The van der Waals surface area contributed by atoms with Crippen molar-refractivity contribution < 1.29 is 39.8 Å². The first-order chi connectivity index (χ1) is 14.2. The van der Waals surface area contributed by atoms with E-state index in [4.69, 9.17) is 14.7 Å². The molecular formula is C21H36N2O8. The minimum atomic E-state index is -1.91. The van der Waals surface area contributed by atoms with Gasteiger partial charge < -0.3 is 40.3 Å². The Morgan fingerprint density at radius 2 is 1.81 bits per heavy atom. The van der Waals surface area contributed by atoms with Crippen LogP contribution in [0.2, 0.25) is 0 Å². The molecule has 1 rings (SSSR count). The number of aliphatic hydroxyl groups excluding tert-OH is 2. The second-order valence-electron chi connectivity index (χ2n) is 8.70. The summed E-state index contributed by atoms with van der Waals surface area (Å²) in [6.07, 6.45) is -0.876. The number of ether oxygens (including phenoxy) is 2. The van der Waals surface area contributed by atoms with Crippen LogP contribution in [0.3, 0.4) is 0 Å². The number of aliphatic hydroxyl groups is 5. The highest BCUT2D eigenvalue weighted by atomic mass is 16.7. The first-order valence-electron chi connectivity index (χ1n) is 10.4. The number of carbonyl (C=O) groups excluding carboxylic acids is 1. The van der Waals surface area contributed by atoms with Crippen molar-refractivity contribution in [1.82, 2.24) is 5.32 Å². The van der Waals surface area contributed by atoms with Crippen LogP contribution in [0.5, 0.6) is 0 Å². The molecule has 1 saturated heterocycles. The topological polar surface area (TPSA) is 172 Å². The molecule has 0 spiro atoms. The molecule has 0 aliphatic carbocycles. The molecule has 0 aromatic heterocycles. The lowest BCUT2D eigenvalue weighted by atomic mass is 9.70. The zero-order valence-corrected chi connectivity index (χ0v) is 18.7. The van der Waals surface area contributed by atoms with E-state index in [2.05, 4.69) is 11.9 Å². The van der Waals surface area contributed by atoms with Gasteiger partial charge in [0.1, 0.15) is 28.9 Å². The lowest BCUT2D eigenvalue weighted by molar-refractivity contribution is -0.369. The highest BCUT2D eigenvalue weighted by molar-refractivity contribution is 5.91. The van der Waals surface area contributed by atoms with Crippen LogP contribution < -0.4 is 5.32 Å². The SMILES string of the molecule is C=C(C#N)C(=O)OCCCCCC(O)CN[C@@H]1[C@](C)(O)O[C@H](C(C)O)[C@@](C)(O)[C@]1(C)O. The Labute approximate surface area is 183 Å². The zero-order valence-electron chi connectivity index (χ0n) is 18.7. The maximum atomic E-state index is 11.3. The summed E-state index contributed by atoms with van der Waals surface area (Å²) in [6.45, 7) is 8.81. The van der Waals surface area contributed by atoms with E-state index >= 15 is 0 Å². The van der Waals surface area contributed by atoms with Crippen molar-refractivity contribution in [3.8, 4) is 6.07 Å². The highest BCUT2D eigenvalue weighted by Gasteiger charge is 2.64. The normalized spacial score (nSPS) is 35.1. The van der Waals surface area contributed by atoms with E-state index in [1.165, 1.54) is 27.7 Å². The number of esters is 1. The third kappa shape index (κ3) is 6.70. The fourth-order valence-corrected chi connectivity index (χ4v) is 3.81.